The van der Waals surface area contributed by atoms with E-state index in [1.807, 2.05) is 12.1 Å². The molecule has 19 heavy (non-hydrogen) atoms. The summed E-state index contributed by atoms with van der Waals surface area (Å²) in [4.78, 5) is 0. The van der Waals surface area contributed by atoms with Crippen LogP contribution in [-0.2, 0) is 18.0 Å². The monoisotopic (exact) mass is 258 g/mol. The summed E-state index contributed by atoms with van der Waals surface area (Å²) < 4.78 is 18.8. The van der Waals surface area contributed by atoms with Gasteiger partial charge in [0.25, 0.3) is 0 Å². The average molecular weight is 258 g/mol. The van der Waals surface area contributed by atoms with Gasteiger partial charge in [0.15, 0.2) is 0 Å². The van der Waals surface area contributed by atoms with Gasteiger partial charge >= 0.3 is 0 Å². The van der Waals surface area contributed by atoms with E-state index in [2.05, 4.69) is 0 Å². The normalized spacial score (nSPS) is 10.4. The largest absolute Gasteiger partial charge is 0.384 e. The molecule has 0 heterocycles. The van der Waals surface area contributed by atoms with Crippen molar-refractivity contribution in [2.45, 2.75) is 13.2 Å². The van der Waals surface area contributed by atoms with Crippen molar-refractivity contribution in [3.8, 4) is 0 Å². The average Bonchev–Trinajstić information content (AvgIpc) is 2.41. The van der Waals surface area contributed by atoms with Gasteiger partial charge in [-0.25, -0.2) is 4.39 Å². The maximum atomic E-state index is 13.4. The molecule has 3 nitrogen and oxygen atoms in total. The standard InChI is InChI=1S/C15H15FN2O/c16-14-7-2-1-5-13(14)10-19-9-11-4-3-6-12(8-11)15(17)18/h1-8H,9-10H2,(H3,17,18). The van der Waals surface area contributed by atoms with Gasteiger partial charge in [-0.15, -0.1) is 0 Å². The second-order valence-corrected chi connectivity index (χ2v) is 4.20. The van der Waals surface area contributed by atoms with Gasteiger partial charge in [0.05, 0.1) is 13.2 Å². The minimum atomic E-state index is -0.264. The van der Waals surface area contributed by atoms with Crippen molar-refractivity contribution >= 4 is 5.84 Å². The minimum absolute atomic E-state index is 0.0240. The van der Waals surface area contributed by atoms with Crippen LogP contribution in [0.2, 0.25) is 0 Å². The number of nitrogens with two attached hydrogens (primary N) is 1. The molecule has 0 saturated carbocycles. The Kier molecular flexibility index (Phi) is 4.26. The number of hydrogen-bond acceptors (Lipinski definition) is 2. The summed E-state index contributed by atoms with van der Waals surface area (Å²) in [5.41, 5.74) is 7.51. The molecule has 3 N–H and O–H groups in total. The lowest BCUT2D eigenvalue weighted by Crippen LogP contribution is -2.11. The topological polar surface area (TPSA) is 59.1 Å². The third-order valence-corrected chi connectivity index (χ3v) is 2.72. The summed E-state index contributed by atoms with van der Waals surface area (Å²) in [7, 11) is 0. The van der Waals surface area contributed by atoms with Crippen LogP contribution in [0.15, 0.2) is 48.5 Å². The zero-order chi connectivity index (χ0) is 13.7. The zero-order valence-corrected chi connectivity index (χ0v) is 10.4. The number of ether oxygens (including phenoxy) is 1. The summed E-state index contributed by atoms with van der Waals surface area (Å²) in [6.45, 7) is 0.576. The first-order valence-electron chi connectivity index (χ1n) is 5.91. The highest BCUT2D eigenvalue weighted by molar-refractivity contribution is 5.95. The van der Waals surface area contributed by atoms with Gasteiger partial charge in [-0.2, -0.15) is 0 Å². The molecular formula is C15H15FN2O. The van der Waals surface area contributed by atoms with Crippen LogP contribution in [0.3, 0.4) is 0 Å². The number of hydrogen-bond donors (Lipinski definition) is 2. The van der Waals surface area contributed by atoms with E-state index in [0.29, 0.717) is 17.7 Å². The van der Waals surface area contributed by atoms with Crippen molar-refractivity contribution in [2.24, 2.45) is 5.73 Å². The number of nitrogen functional groups attached to an aromatic ring is 1. The minimum Gasteiger partial charge on any atom is -0.384 e. The van der Waals surface area contributed by atoms with Crippen molar-refractivity contribution in [2.75, 3.05) is 0 Å². The van der Waals surface area contributed by atoms with Gasteiger partial charge in [0.1, 0.15) is 11.7 Å². The maximum Gasteiger partial charge on any atom is 0.128 e. The zero-order valence-electron chi connectivity index (χ0n) is 10.4. The Bertz CT molecular complexity index is 584. The smallest absolute Gasteiger partial charge is 0.128 e. The highest BCUT2D eigenvalue weighted by Crippen LogP contribution is 2.11. The summed E-state index contributed by atoms with van der Waals surface area (Å²) in [5.74, 6) is -0.240. The molecule has 2 aromatic rings. The molecule has 98 valence electrons. The highest BCUT2D eigenvalue weighted by atomic mass is 19.1. The molecule has 0 fully saturated rings. The molecule has 0 aliphatic heterocycles. The third kappa shape index (κ3) is 3.63. The van der Waals surface area contributed by atoms with E-state index < -0.39 is 0 Å². The number of halogens is 1. The molecule has 0 amide bonds. The molecule has 0 radical (unpaired) electrons. The van der Waals surface area contributed by atoms with Crippen LogP contribution in [0.4, 0.5) is 4.39 Å². The van der Waals surface area contributed by atoms with Crippen molar-refractivity contribution in [3.63, 3.8) is 0 Å². The van der Waals surface area contributed by atoms with Crippen LogP contribution in [0.1, 0.15) is 16.7 Å². The van der Waals surface area contributed by atoms with Gasteiger partial charge < -0.3 is 10.5 Å². The van der Waals surface area contributed by atoms with Crippen LogP contribution in [-0.4, -0.2) is 5.84 Å². The van der Waals surface area contributed by atoms with Gasteiger partial charge in [-0.3, -0.25) is 5.41 Å². The molecule has 0 atom stereocenters. The number of nitrogens with one attached hydrogen (secondary N) is 1. The molecule has 4 heteroatoms. The number of benzene rings is 2. The third-order valence-electron chi connectivity index (χ3n) is 2.72. The fraction of sp³-hybridized carbons (Fsp3) is 0.133. The van der Waals surface area contributed by atoms with E-state index in [9.17, 15) is 4.39 Å². The molecule has 0 spiro atoms. The van der Waals surface area contributed by atoms with E-state index in [-0.39, 0.29) is 18.3 Å². The van der Waals surface area contributed by atoms with Gasteiger partial charge in [0.2, 0.25) is 0 Å². The van der Waals surface area contributed by atoms with E-state index in [4.69, 9.17) is 15.9 Å². The molecule has 0 unspecified atom stereocenters. The second kappa shape index (κ2) is 6.11. The molecule has 0 saturated heterocycles. The Morgan fingerprint density at radius 1 is 1.11 bits per heavy atom. The Morgan fingerprint density at radius 2 is 1.89 bits per heavy atom. The first-order chi connectivity index (χ1) is 9.16. The summed E-state index contributed by atoms with van der Waals surface area (Å²) in [6.07, 6.45) is 0. The lowest BCUT2D eigenvalue weighted by Gasteiger charge is -2.07. The molecule has 0 aromatic heterocycles. The Hall–Kier alpha value is -2.20. The van der Waals surface area contributed by atoms with Crippen LogP contribution in [0.5, 0.6) is 0 Å². The molecule has 2 aromatic carbocycles. The number of amidine groups is 1. The van der Waals surface area contributed by atoms with E-state index in [1.54, 1.807) is 30.3 Å². The van der Waals surface area contributed by atoms with Gasteiger partial charge in [-0.1, -0.05) is 36.4 Å². The van der Waals surface area contributed by atoms with Crippen molar-refractivity contribution < 1.29 is 9.13 Å². The predicted octanol–water partition coefficient (Wildman–Crippen LogP) is 2.83. The fourth-order valence-corrected chi connectivity index (χ4v) is 1.72. The van der Waals surface area contributed by atoms with Crippen molar-refractivity contribution in [1.82, 2.24) is 0 Å². The van der Waals surface area contributed by atoms with Crippen LogP contribution in [0, 0.1) is 11.2 Å². The lowest BCUT2D eigenvalue weighted by molar-refractivity contribution is 0.105. The van der Waals surface area contributed by atoms with Crippen molar-refractivity contribution in [3.05, 3.63) is 71.0 Å². The predicted molar refractivity (Wildman–Crippen MR) is 72.4 cm³/mol. The summed E-state index contributed by atoms with van der Waals surface area (Å²) in [6, 6.07) is 13.8. The van der Waals surface area contributed by atoms with Crippen molar-refractivity contribution in [1.29, 1.82) is 5.41 Å². The second-order valence-electron chi connectivity index (χ2n) is 4.20. The summed E-state index contributed by atoms with van der Waals surface area (Å²) >= 11 is 0. The van der Waals surface area contributed by atoms with E-state index in [0.717, 1.165) is 5.56 Å². The lowest BCUT2D eigenvalue weighted by atomic mass is 10.1. The highest BCUT2D eigenvalue weighted by Gasteiger charge is 2.02. The first-order valence-corrected chi connectivity index (χ1v) is 5.91. The van der Waals surface area contributed by atoms with Crippen LogP contribution < -0.4 is 5.73 Å². The Morgan fingerprint density at radius 3 is 2.63 bits per heavy atom. The SMILES string of the molecule is N=C(N)c1cccc(COCc2ccccc2F)c1. The summed E-state index contributed by atoms with van der Waals surface area (Å²) in [5, 5.41) is 7.36. The van der Waals surface area contributed by atoms with E-state index >= 15 is 0 Å². The molecular weight excluding hydrogens is 243 g/mol. The molecule has 0 bridgehead atoms. The molecule has 2 rings (SSSR count). The molecule has 0 aliphatic rings. The van der Waals surface area contributed by atoms with E-state index in [1.165, 1.54) is 6.07 Å². The Balaban J connectivity index is 1.94. The fourth-order valence-electron chi connectivity index (χ4n) is 1.72. The molecule has 0 aliphatic carbocycles. The van der Waals surface area contributed by atoms with Gasteiger partial charge in [0, 0.05) is 11.1 Å². The van der Waals surface area contributed by atoms with Crippen LogP contribution in [0.25, 0.3) is 0 Å². The quantitative estimate of drug-likeness (QED) is 0.640. The Labute approximate surface area is 111 Å². The van der Waals surface area contributed by atoms with Crippen LogP contribution >= 0.6 is 0 Å². The number of rotatable bonds is 5. The van der Waals surface area contributed by atoms with Gasteiger partial charge in [-0.05, 0) is 17.7 Å². The maximum absolute atomic E-state index is 13.4. The first kappa shape index (κ1) is 13.2.